The Morgan fingerprint density at radius 2 is 1.89 bits per heavy atom. The van der Waals surface area contributed by atoms with Crippen molar-refractivity contribution in [1.82, 2.24) is 9.62 Å². The predicted octanol–water partition coefficient (Wildman–Crippen LogP) is 1.97. The third kappa shape index (κ3) is 3.92. The van der Waals surface area contributed by atoms with Crippen molar-refractivity contribution in [2.24, 2.45) is 5.92 Å². The third-order valence-electron chi connectivity index (χ3n) is 4.42. The first-order valence-corrected chi connectivity index (χ1v) is 9.34. The Morgan fingerprint density at radius 1 is 1.16 bits per heavy atom. The second kappa shape index (κ2) is 7.04. The van der Waals surface area contributed by atoms with Crippen LogP contribution in [0.4, 0.5) is 0 Å². The van der Waals surface area contributed by atoms with Gasteiger partial charge in [0.25, 0.3) is 0 Å². The number of piperidine rings is 1. The van der Waals surface area contributed by atoms with E-state index in [9.17, 15) is 8.42 Å². The standard InChI is InChI=1S/C14H28N2O2S/c1-2-9-15-11-13-6-5-10-16(12-13)19(17,18)14-7-3-4-8-14/h13-15H,2-12H2,1H3. The van der Waals surface area contributed by atoms with Gasteiger partial charge in [-0.3, -0.25) is 0 Å². The number of nitrogens with one attached hydrogen (secondary N) is 1. The minimum atomic E-state index is -3.02. The molecule has 1 saturated carbocycles. The number of hydrogen-bond acceptors (Lipinski definition) is 3. The van der Waals surface area contributed by atoms with Crippen LogP contribution >= 0.6 is 0 Å². The first kappa shape index (κ1) is 15.3. The van der Waals surface area contributed by atoms with Crippen LogP contribution < -0.4 is 5.32 Å². The van der Waals surface area contributed by atoms with E-state index in [0.717, 1.165) is 71.1 Å². The van der Waals surface area contributed by atoms with Gasteiger partial charge in [0.2, 0.25) is 10.0 Å². The lowest BCUT2D eigenvalue weighted by molar-refractivity contribution is 0.258. The van der Waals surface area contributed by atoms with Crippen molar-refractivity contribution in [3.05, 3.63) is 0 Å². The molecule has 1 heterocycles. The van der Waals surface area contributed by atoms with Crippen molar-refractivity contribution >= 4 is 10.0 Å². The fourth-order valence-corrected chi connectivity index (χ4v) is 5.46. The SMILES string of the molecule is CCCNCC1CCCN(S(=O)(=O)C2CCCC2)C1. The average molecular weight is 288 g/mol. The van der Waals surface area contributed by atoms with Crippen molar-refractivity contribution in [2.45, 2.75) is 57.1 Å². The molecule has 112 valence electrons. The van der Waals surface area contributed by atoms with E-state index in [-0.39, 0.29) is 5.25 Å². The summed E-state index contributed by atoms with van der Waals surface area (Å²) < 4.78 is 26.9. The first-order valence-electron chi connectivity index (χ1n) is 7.84. The van der Waals surface area contributed by atoms with E-state index in [1.54, 1.807) is 4.31 Å². The fourth-order valence-electron chi connectivity index (χ4n) is 3.30. The van der Waals surface area contributed by atoms with Gasteiger partial charge in [0.15, 0.2) is 0 Å². The van der Waals surface area contributed by atoms with Gasteiger partial charge < -0.3 is 5.32 Å². The molecule has 2 fully saturated rings. The van der Waals surface area contributed by atoms with Gasteiger partial charge in [-0.2, -0.15) is 0 Å². The summed E-state index contributed by atoms with van der Waals surface area (Å²) in [6.07, 6.45) is 7.22. The monoisotopic (exact) mass is 288 g/mol. The quantitative estimate of drug-likeness (QED) is 0.760. The van der Waals surface area contributed by atoms with Crippen LogP contribution in [0.1, 0.15) is 51.9 Å². The molecule has 2 aliphatic rings. The van der Waals surface area contributed by atoms with Crippen molar-refractivity contribution in [3.8, 4) is 0 Å². The molecule has 0 bridgehead atoms. The van der Waals surface area contributed by atoms with E-state index >= 15 is 0 Å². The summed E-state index contributed by atoms with van der Waals surface area (Å²) in [5.74, 6) is 0.497. The minimum Gasteiger partial charge on any atom is -0.316 e. The highest BCUT2D eigenvalue weighted by molar-refractivity contribution is 7.89. The summed E-state index contributed by atoms with van der Waals surface area (Å²) in [6, 6.07) is 0. The van der Waals surface area contributed by atoms with Gasteiger partial charge in [0.1, 0.15) is 0 Å². The molecule has 1 unspecified atom stereocenters. The highest BCUT2D eigenvalue weighted by atomic mass is 32.2. The molecule has 0 spiro atoms. The number of sulfonamides is 1. The summed E-state index contributed by atoms with van der Waals surface area (Å²) in [6.45, 7) is 5.62. The molecule has 1 aliphatic heterocycles. The molecular formula is C14H28N2O2S. The summed E-state index contributed by atoms with van der Waals surface area (Å²) in [5, 5.41) is 3.34. The van der Waals surface area contributed by atoms with Crippen LogP contribution in [0.5, 0.6) is 0 Å². The van der Waals surface area contributed by atoms with Gasteiger partial charge >= 0.3 is 0 Å². The van der Waals surface area contributed by atoms with Crippen LogP contribution in [-0.4, -0.2) is 44.2 Å². The van der Waals surface area contributed by atoms with Gasteiger partial charge in [0.05, 0.1) is 5.25 Å². The third-order valence-corrected chi connectivity index (χ3v) is 6.79. The lowest BCUT2D eigenvalue weighted by Crippen LogP contribution is -2.46. The number of rotatable bonds is 6. The molecule has 19 heavy (non-hydrogen) atoms. The first-order chi connectivity index (χ1) is 9.14. The van der Waals surface area contributed by atoms with Gasteiger partial charge in [0, 0.05) is 13.1 Å². The summed E-state index contributed by atoms with van der Waals surface area (Å²) in [4.78, 5) is 0. The summed E-state index contributed by atoms with van der Waals surface area (Å²) in [7, 11) is -3.02. The molecule has 1 aliphatic carbocycles. The molecule has 0 aromatic rings. The molecule has 1 saturated heterocycles. The van der Waals surface area contributed by atoms with Crippen LogP contribution in [-0.2, 0) is 10.0 Å². The maximum absolute atomic E-state index is 12.6. The normalized spacial score (nSPS) is 26.9. The second-order valence-corrected chi connectivity index (χ2v) is 8.23. The summed E-state index contributed by atoms with van der Waals surface area (Å²) in [5.41, 5.74) is 0. The van der Waals surface area contributed by atoms with Gasteiger partial charge in [-0.25, -0.2) is 12.7 Å². The highest BCUT2D eigenvalue weighted by Crippen LogP contribution is 2.29. The molecule has 2 rings (SSSR count). The van der Waals surface area contributed by atoms with Crippen LogP contribution in [0.15, 0.2) is 0 Å². The van der Waals surface area contributed by atoms with E-state index in [2.05, 4.69) is 12.2 Å². The van der Waals surface area contributed by atoms with E-state index in [4.69, 9.17) is 0 Å². The Bertz CT molecular complexity index is 364. The highest BCUT2D eigenvalue weighted by Gasteiger charge is 2.36. The number of nitrogens with zero attached hydrogens (tertiary/aromatic N) is 1. The Labute approximate surface area is 118 Å². The van der Waals surface area contributed by atoms with Gasteiger partial charge in [-0.15, -0.1) is 0 Å². The van der Waals surface area contributed by atoms with Crippen LogP contribution in [0, 0.1) is 5.92 Å². The minimum absolute atomic E-state index is 0.0881. The zero-order chi connectivity index (χ0) is 13.7. The average Bonchev–Trinajstić information content (AvgIpc) is 2.94. The van der Waals surface area contributed by atoms with Crippen molar-refractivity contribution in [1.29, 1.82) is 0 Å². The van der Waals surface area contributed by atoms with E-state index in [1.165, 1.54) is 0 Å². The van der Waals surface area contributed by atoms with Crippen LogP contribution in [0.2, 0.25) is 0 Å². The molecule has 5 heteroatoms. The van der Waals surface area contributed by atoms with Crippen LogP contribution in [0.3, 0.4) is 0 Å². The van der Waals surface area contributed by atoms with Crippen molar-refractivity contribution in [3.63, 3.8) is 0 Å². The van der Waals surface area contributed by atoms with Gasteiger partial charge in [-0.1, -0.05) is 19.8 Å². The summed E-state index contributed by atoms with van der Waals surface area (Å²) >= 11 is 0. The Balaban J connectivity index is 1.89. The van der Waals surface area contributed by atoms with Gasteiger partial charge in [-0.05, 0) is 51.1 Å². The molecule has 0 aromatic carbocycles. The van der Waals surface area contributed by atoms with E-state index < -0.39 is 10.0 Å². The lowest BCUT2D eigenvalue weighted by Gasteiger charge is -2.33. The maximum atomic E-state index is 12.6. The molecule has 1 N–H and O–H groups in total. The topological polar surface area (TPSA) is 49.4 Å². The molecule has 0 radical (unpaired) electrons. The Kier molecular flexibility index (Phi) is 5.66. The Morgan fingerprint density at radius 3 is 2.58 bits per heavy atom. The molecule has 0 amide bonds. The lowest BCUT2D eigenvalue weighted by atomic mass is 10.00. The fraction of sp³-hybridized carbons (Fsp3) is 1.00. The molecule has 0 aromatic heterocycles. The zero-order valence-corrected chi connectivity index (χ0v) is 12.9. The van der Waals surface area contributed by atoms with Crippen molar-refractivity contribution < 1.29 is 8.42 Å². The van der Waals surface area contributed by atoms with Crippen molar-refractivity contribution in [2.75, 3.05) is 26.2 Å². The molecule has 4 nitrogen and oxygen atoms in total. The largest absolute Gasteiger partial charge is 0.316 e. The smallest absolute Gasteiger partial charge is 0.216 e. The zero-order valence-electron chi connectivity index (χ0n) is 12.1. The van der Waals surface area contributed by atoms with Crippen LogP contribution in [0.25, 0.3) is 0 Å². The van der Waals surface area contributed by atoms with E-state index in [1.807, 2.05) is 0 Å². The maximum Gasteiger partial charge on any atom is 0.216 e. The predicted molar refractivity (Wildman–Crippen MR) is 78.6 cm³/mol. The second-order valence-electron chi connectivity index (χ2n) is 6.02. The van der Waals surface area contributed by atoms with E-state index in [0.29, 0.717) is 5.92 Å². The molecule has 1 atom stereocenters. The molecular weight excluding hydrogens is 260 g/mol. The Hall–Kier alpha value is -0.130. The number of hydrogen-bond donors (Lipinski definition) is 1.